The number of ether oxygens (including phenoxy) is 2. The normalized spacial score (nSPS) is 16.0. The summed E-state index contributed by atoms with van der Waals surface area (Å²) in [7, 11) is 0. The average Bonchev–Trinajstić information content (AvgIpc) is 2.88. The van der Waals surface area contributed by atoms with E-state index in [0.717, 1.165) is 32.4 Å². The maximum absolute atomic E-state index is 12.1. The van der Waals surface area contributed by atoms with Crippen molar-refractivity contribution < 1.29 is 14.3 Å². The fourth-order valence-electron chi connectivity index (χ4n) is 2.89. The van der Waals surface area contributed by atoms with Gasteiger partial charge in [0.05, 0.1) is 19.8 Å². The minimum atomic E-state index is 0.109. The van der Waals surface area contributed by atoms with E-state index in [-0.39, 0.29) is 11.3 Å². The summed E-state index contributed by atoms with van der Waals surface area (Å²) in [5, 5.41) is 0.678. The van der Waals surface area contributed by atoms with Gasteiger partial charge in [0.25, 0.3) is 0 Å². The molecule has 28 heavy (non-hydrogen) atoms. The lowest BCUT2D eigenvalue weighted by molar-refractivity contribution is -0.125. The van der Waals surface area contributed by atoms with E-state index in [1.807, 2.05) is 11.8 Å². The fraction of sp³-hybridized carbons (Fsp3) is 0.909. The second-order valence-electron chi connectivity index (χ2n) is 9.62. The van der Waals surface area contributed by atoms with Crippen LogP contribution in [0.2, 0.25) is 0 Å². The zero-order valence-corrected chi connectivity index (χ0v) is 20.0. The molecule has 164 valence electrons. The van der Waals surface area contributed by atoms with Crippen molar-refractivity contribution >= 4 is 23.2 Å². The van der Waals surface area contributed by atoms with Crippen molar-refractivity contribution in [3.8, 4) is 0 Å². The Morgan fingerprint density at radius 3 is 2.07 bits per heavy atom. The molecule has 1 rings (SSSR count). The van der Waals surface area contributed by atoms with Crippen LogP contribution in [-0.2, 0) is 14.3 Å². The number of amides is 1. The van der Waals surface area contributed by atoms with Crippen molar-refractivity contribution in [3.63, 3.8) is 0 Å². The highest BCUT2D eigenvalue weighted by atomic mass is 32.1. The van der Waals surface area contributed by atoms with Crippen molar-refractivity contribution in [2.75, 3.05) is 46.1 Å². The van der Waals surface area contributed by atoms with Gasteiger partial charge in [0.1, 0.15) is 0 Å². The molecular formula is C22H42N2O3S. The first-order chi connectivity index (χ1) is 13.0. The first kappa shape index (κ1) is 25.3. The van der Waals surface area contributed by atoms with Crippen molar-refractivity contribution in [1.29, 1.82) is 0 Å². The predicted octanol–water partition coefficient (Wildman–Crippen LogP) is 4.35. The van der Waals surface area contributed by atoms with Crippen LogP contribution in [-0.4, -0.2) is 66.9 Å². The van der Waals surface area contributed by atoms with E-state index in [1.165, 1.54) is 0 Å². The van der Waals surface area contributed by atoms with Crippen LogP contribution in [0.25, 0.3) is 0 Å². The molecule has 1 amide bonds. The standard InChI is InChI=1S/C22H42N2O3S/c1-8-23-17-19(25)24(20(23)28)12-9-21(4,5)10-13-26-15-16-27-14-11-22(6,7)18(2)3/h18H,8-17H2,1-7H3. The van der Waals surface area contributed by atoms with Crippen molar-refractivity contribution in [2.45, 2.75) is 67.7 Å². The Balaban J connectivity index is 2.14. The molecule has 0 N–H and O–H groups in total. The molecule has 1 aliphatic heterocycles. The second kappa shape index (κ2) is 11.5. The summed E-state index contributed by atoms with van der Waals surface area (Å²) in [6.45, 7) is 20.3. The fourth-order valence-corrected chi connectivity index (χ4v) is 3.28. The summed E-state index contributed by atoms with van der Waals surface area (Å²) in [6.07, 6.45) is 2.95. The van der Waals surface area contributed by atoms with E-state index in [1.54, 1.807) is 4.90 Å². The summed E-state index contributed by atoms with van der Waals surface area (Å²) < 4.78 is 11.5. The first-order valence-electron chi connectivity index (χ1n) is 10.7. The number of rotatable bonds is 14. The molecule has 0 saturated carbocycles. The zero-order chi connectivity index (χ0) is 21.4. The van der Waals surface area contributed by atoms with Gasteiger partial charge in [-0.05, 0) is 55.2 Å². The van der Waals surface area contributed by atoms with Gasteiger partial charge in [0, 0.05) is 26.3 Å². The number of thiocarbonyl (C=S) groups is 1. The summed E-state index contributed by atoms with van der Waals surface area (Å²) in [4.78, 5) is 15.8. The Morgan fingerprint density at radius 1 is 1.00 bits per heavy atom. The van der Waals surface area contributed by atoms with E-state index >= 15 is 0 Å². The topological polar surface area (TPSA) is 42.0 Å². The molecule has 0 aromatic rings. The van der Waals surface area contributed by atoms with Crippen molar-refractivity contribution in [1.82, 2.24) is 9.80 Å². The van der Waals surface area contributed by atoms with Gasteiger partial charge in [-0.15, -0.1) is 0 Å². The van der Waals surface area contributed by atoms with Crippen LogP contribution in [0.4, 0.5) is 0 Å². The van der Waals surface area contributed by atoms with Crippen molar-refractivity contribution in [3.05, 3.63) is 0 Å². The summed E-state index contributed by atoms with van der Waals surface area (Å²) in [5.41, 5.74) is 0.426. The highest BCUT2D eigenvalue weighted by Crippen LogP contribution is 2.29. The SMILES string of the molecule is CCN1CC(=O)N(CCC(C)(C)CCOCCOCCC(C)(C)C(C)C)C1=S. The van der Waals surface area contributed by atoms with E-state index in [0.29, 0.717) is 49.4 Å². The number of likely N-dealkylation sites (N-methyl/N-ethyl adjacent to an activating group) is 1. The van der Waals surface area contributed by atoms with Crippen LogP contribution < -0.4 is 0 Å². The molecule has 0 bridgehead atoms. The van der Waals surface area contributed by atoms with Gasteiger partial charge in [-0.1, -0.05) is 41.5 Å². The number of hydrogen-bond donors (Lipinski definition) is 0. The van der Waals surface area contributed by atoms with Crippen LogP contribution in [0, 0.1) is 16.7 Å². The largest absolute Gasteiger partial charge is 0.379 e. The van der Waals surface area contributed by atoms with E-state index in [4.69, 9.17) is 21.7 Å². The summed E-state index contributed by atoms with van der Waals surface area (Å²) in [5.74, 6) is 0.779. The molecule has 6 heteroatoms. The Hall–Kier alpha value is -0.720. The molecule has 1 heterocycles. The van der Waals surface area contributed by atoms with Gasteiger partial charge < -0.3 is 14.4 Å². The van der Waals surface area contributed by atoms with Crippen molar-refractivity contribution in [2.24, 2.45) is 16.7 Å². The average molecular weight is 415 g/mol. The predicted molar refractivity (Wildman–Crippen MR) is 119 cm³/mol. The van der Waals surface area contributed by atoms with Crippen LogP contribution in [0.1, 0.15) is 67.7 Å². The van der Waals surface area contributed by atoms with Crippen LogP contribution >= 0.6 is 12.2 Å². The first-order valence-corrected chi connectivity index (χ1v) is 11.2. The molecule has 0 aromatic carbocycles. The smallest absolute Gasteiger partial charge is 0.248 e. The molecule has 0 unspecified atom stereocenters. The Labute approximate surface area is 178 Å². The number of nitrogens with zero attached hydrogens (tertiary/aromatic N) is 2. The van der Waals surface area contributed by atoms with Gasteiger partial charge in [-0.25, -0.2) is 0 Å². The lowest BCUT2D eigenvalue weighted by Gasteiger charge is -2.29. The molecule has 5 nitrogen and oxygen atoms in total. The molecule has 0 radical (unpaired) electrons. The third kappa shape index (κ3) is 8.34. The lowest BCUT2D eigenvalue weighted by atomic mass is 9.79. The second-order valence-corrected chi connectivity index (χ2v) is 9.99. The molecule has 1 aliphatic rings. The van der Waals surface area contributed by atoms with Crippen LogP contribution in [0.15, 0.2) is 0 Å². The summed E-state index contributed by atoms with van der Waals surface area (Å²) >= 11 is 5.41. The minimum Gasteiger partial charge on any atom is -0.379 e. The van der Waals surface area contributed by atoms with E-state index < -0.39 is 0 Å². The molecule has 0 atom stereocenters. The Morgan fingerprint density at radius 2 is 1.57 bits per heavy atom. The molecule has 0 aliphatic carbocycles. The number of hydrogen-bond acceptors (Lipinski definition) is 4. The van der Waals surface area contributed by atoms with E-state index in [9.17, 15) is 4.79 Å². The molecule has 0 aromatic heterocycles. The third-order valence-corrected chi connectivity index (χ3v) is 6.75. The van der Waals surface area contributed by atoms with Gasteiger partial charge >= 0.3 is 0 Å². The molecule has 1 saturated heterocycles. The van der Waals surface area contributed by atoms with E-state index in [2.05, 4.69) is 41.5 Å². The molecule has 1 fully saturated rings. The monoisotopic (exact) mass is 414 g/mol. The van der Waals surface area contributed by atoms with Gasteiger partial charge in [-0.2, -0.15) is 0 Å². The van der Waals surface area contributed by atoms with Gasteiger partial charge in [0.15, 0.2) is 5.11 Å². The summed E-state index contributed by atoms with van der Waals surface area (Å²) in [6, 6.07) is 0. The highest BCUT2D eigenvalue weighted by molar-refractivity contribution is 7.80. The minimum absolute atomic E-state index is 0.109. The zero-order valence-electron chi connectivity index (χ0n) is 19.2. The highest BCUT2D eigenvalue weighted by Gasteiger charge is 2.32. The number of carbonyl (C=O) groups excluding carboxylic acids is 1. The van der Waals surface area contributed by atoms with Gasteiger partial charge in [0.2, 0.25) is 5.91 Å². The Kier molecular flexibility index (Phi) is 10.4. The van der Waals surface area contributed by atoms with Crippen LogP contribution in [0.3, 0.4) is 0 Å². The molecular weight excluding hydrogens is 372 g/mol. The maximum Gasteiger partial charge on any atom is 0.248 e. The third-order valence-electron chi connectivity index (χ3n) is 6.27. The maximum atomic E-state index is 12.1. The lowest BCUT2D eigenvalue weighted by Crippen LogP contribution is -2.35. The Bertz CT molecular complexity index is 506. The number of carbonyl (C=O) groups is 1. The van der Waals surface area contributed by atoms with Crippen LogP contribution in [0.5, 0.6) is 0 Å². The molecule has 0 spiro atoms. The van der Waals surface area contributed by atoms with Gasteiger partial charge in [-0.3, -0.25) is 9.69 Å². The quantitative estimate of drug-likeness (QED) is 0.312.